The SMILES string of the molecule is C/C(=C1/CC[C@H]2[C@@H]3CC[C@H]4NC(=O)C=C[C@]4(C)[C@H]3CC[C@]12C)c1cccnc1. The summed E-state index contributed by atoms with van der Waals surface area (Å²) in [7, 11) is 0. The Morgan fingerprint density at radius 1 is 1.18 bits per heavy atom. The molecule has 1 amide bonds. The second-order valence-electron chi connectivity index (χ2n) is 10.1. The summed E-state index contributed by atoms with van der Waals surface area (Å²) in [4.78, 5) is 16.3. The maximum atomic E-state index is 11.9. The number of aromatic nitrogens is 1. The van der Waals surface area contributed by atoms with Gasteiger partial charge in [-0.1, -0.05) is 31.6 Å². The number of allylic oxidation sites excluding steroid dienone is 2. The number of nitrogens with zero attached hydrogens (tertiary/aromatic N) is 1. The second kappa shape index (κ2) is 6.30. The average molecular weight is 377 g/mol. The minimum Gasteiger partial charge on any atom is -0.349 e. The molecule has 3 heteroatoms. The Hall–Kier alpha value is -1.90. The number of fused-ring (bicyclic) bond motifs is 5. The van der Waals surface area contributed by atoms with Crippen molar-refractivity contribution >= 4 is 11.5 Å². The molecule has 1 aliphatic heterocycles. The van der Waals surface area contributed by atoms with Crippen LogP contribution >= 0.6 is 0 Å². The van der Waals surface area contributed by atoms with Crippen LogP contribution in [0.1, 0.15) is 64.9 Å². The van der Waals surface area contributed by atoms with Crippen molar-refractivity contribution in [3.63, 3.8) is 0 Å². The van der Waals surface area contributed by atoms with Gasteiger partial charge in [-0.3, -0.25) is 9.78 Å². The first-order chi connectivity index (χ1) is 13.4. The van der Waals surface area contributed by atoms with E-state index < -0.39 is 0 Å². The van der Waals surface area contributed by atoms with Gasteiger partial charge in [-0.15, -0.1) is 0 Å². The fourth-order valence-corrected chi connectivity index (χ4v) is 7.52. The maximum absolute atomic E-state index is 11.9. The number of hydrogen-bond acceptors (Lipinski definition) is 2. The smallest absolute Gasteiger partial charge is 0.243 e. The van der Waals surface area contributed by atoms with Crippen molar-refractivity contribution in [2.75, 3.05) is 0 Å². The van der Waals surface area contributed by atoms with E-state index in [0.717, 1.165) is 18.3 Å². The van der Waals surface area contributed by atoms with E-state index in [0.29, 0.717) is 17.4 Å². The molecule has 3 aliphatic carbocycles. The van der Waals surface area contributed by atoms with Gasteiger partial charge < -0.3 is 5.32 Å². The van der Waals surface area contributed by atoms with Crippen LogP contribution in [0.25, 0.3) is 5.57 Å². The molecule has 1 N–H and O–H groups in total. The number of nitrogens with one attached hydrogen (secondary N) is 1. The zero-order valence-corrected chi connectivity index (χ0v) is 17.4. The van der Waals surface area contributed by atoms with E-state index in [1.165, 1.54) is 43.2 Å². The Bertz CT molecular complexity index is 857. The van der Waals surface area contributed by atoms with Crippen LogP contribution < -0.4 is 5.32 Å². The van der Waals surface area contributed by atoms with E-state index in [9.17, 15) is 4.79 Å². The van der Waals surface area contributed by atoms with Crippen molar-refractivity contribution in [2.45, 2.75) is 65.3 Å². The van der Waals surface area contributed by atoms with Gasteiger partial charge in [0.25, 0.3) is 0 Å². The Balaban J connectivity index is 1.49. The molecule has 148 valence electrons. The van der Waals surface area contributed by atoms with Gasteiger partial charge in [0, 0.05) is 23.9 Å². The highest BCUT2D eigenvalue weighted by Gasteiger charge is 2.58. The molecular weight excluding hydrogens is 344 g/mol. The highest BCUT2D eigenvalue weighted by atomic mass is 16.1. The third-order valence-corrected chi connectivity index (χ3v) is 9.02. The molecule has 0 unspecified atom stereocenters. The Labute approximate surface area is 168 Å². The van der Waals surface area contributed by atoms with Crippen molar-refractivity contribution in [3.05, 3.63) is 47.8 Å². The first-order valence-corrected chi connectivity index (χ1v) is 11.0. The Kier molecular flexibility index (Phi) is 4.08. The van der Waals surface area contributed by atoms with Gasteiger partial charge in [0.1, 0.15) is 0 Å². The summed E-state index contributed by atoms with van der Waals surface area (Å²) in [6.45, 7) is 7.26. The topological polar surface area (TPSA) is 42.0 Å². The molecule has 4 aliphatic rings. The van der Waals surface area contributed by atoms with Crippen LogP contribution in [0.2, 0.25) is 0 Å². The number of hydrogen-bond donors (Lipinski definition) is 1. The lowest BCUT2D eigenvalue weighted by molar-refractivity contribution is -0.121. The fourth-order valence-electron chi connectivity index (χ4n) is 7.52. The van der Waals surface area contributed by atoms with Crippen molar-refractivity contribution in [1.29, 1.82) is 0 Å². The van der Waals surface area contributed by atoms with E-state index >= 15 is 0 Å². The molecule has 0 aromatic carbocycles. The Morgan fingerprint density at radius 2 is 2.04 bits per heavy atom. The van der Waals surface area contributed by atoms with Gasteiger partial charge in [0.05, 0.1) is 0 Å². The minimum atomic E-state index is 0.0970. The molecule has 1 aromatic rings. The lowest BCUT2D eigenvalue weighted by Crippen LogP contribution is -2.59. The molecule has 3 nitrogen and oxygen atoms in total. The highest BCUT2D eigenvalue weighted by molar-refractivity contribution is 5.89. The van der Waals surface area contributed by atoms with Crippen molar-refractivity contribution < 1.29 is 4.79 Å². The van der Waals surface area contributed by atoms with E-state index in [-0.39, 0.29) is 11.3 Å². The number of pyridine rings is 1. The monoisotopic (exact) mass is 376 g/mol. The minimum absolute atomic E-state index is 0.0970. The van der Waals surface area contributed by atoms with Crippen molar-refractivity contribution in [1.82, 2.24) is 10.3 Å². The third-order valence-electron chi connectivity index (χ3n) is 9.02. The van der Waals surface area contributed by atoms with Gasteiger partial charge in [-0.25, -0.2) is 0 Å². The molecular formula is C25H32N2O. The van der Waals surface area contributed by atoms with Crippen LogP contribution in [0.15, 0.2) is 42.3 Å². The number of carbonyl (C=O) groups excluding carboxylic acids is 1. The fraction of sp³-hybridized carbons (Fsp3) is 0.600. The molecule has 6 atom stereocenters. The average Bonchev–Trinajstić information content (AvgIpc) is 3.06. The number of rotatable bonds is 1. The van der Waals surface area contributed by atoms with E-state index in [1.807, 2.05) is 12.4 Å². The Morgan fingerprint density at radius 3 is 2.82 bits per heavy atom. The number of carbonyl (C=O) groups is 1. The summed E-state index contributed by atoms with van der Waals surface area (Å²) in [6, 6.07) is 4.58. The molecule has 0 radical (unpaired) electrons. The van der Waals surface area contributed by atoms with Crippen LogP contribution in [-0.2, 0) is 4.79 Å². The molecule has 3 saturated carbocycles. The standard InChI is InChI=1S/C25H32N2O/c1-16(17-5-4-14-26-15-17)19-7-8-20-18-6-9-22-25(3,13-11-23(28)27-22)21(18)10-12-24(19,20)2/h4-5,11,13-15,18,20-22H,6-10,12H2,1-3H3,(H,27,28)/b19-16+/t18-,20-,21-,22+,24+,25+/m0/s1. The zero-order valence-electron chi connectivity index (χ0n) is 17.4. The van der Waals surface area contributed by atoms with Crippen LogP contribution in [0, 0.1) is 28.6 Å². The molecule has 1 aromatic heterocycles. The van der Waals surface area contributed by atoms with Gasteiger partial charge in [-0.05, 0) is 91.9 Å². The summed E-state index contributed by atoms with van der Waals surface area (Å²) < 4.78 is 0. The lowest BCUT2D eigenvalue weighted by Gasteiger charge is -2.58. The summed E-state index contributed by atoms with van der Waals surface area (Å²) in [5, 5.41) is 3.27. The maximum Gasteiger partial charge on any atom is 0.243 e. The molecule has 0 saturated heterocycles. The molecule has 5 rings (SSSR count). The summed E-state index contributed by atoms with van der Waals surface area (Å²) in [6.07, 6.45) is 15.4. The summed E-state index contributed by atoms with van der Waals surface area (Å²) >= 11 is 0. The van der Waals surface area contributed by atoms with Crippen LogP contribution in [0.5, 0.6) is 0 Å². The second-order valence-corrected chi connectivity index (χ2v) is 10.1. The van der Waals surface area contributed by atoms with Gasteiger partial charge in [0.2, 0.25) is 5.91 Å². The van der Waals surface area contributed by atoms with E-state index in [4.69, 9.17) is 0 Å². The predicted molar refractivity (Wildman–Crippen MR) is 112 cm³/mol. The quantitative estimate of drug-likeness (QED) is 0.736. The van der Waals surface area contributed by atoms with Crippen LogP contribution in [-0.4, -0.2) is 16.9 Å². The highest BCUT2D eigenvalue weighted by Crippen LogP contribution is 2.65. The van der Waals surface area contributed by atoms with E-state index in [2.05, 4.69) is 49.3 Å². The molecule has 0 spiro atoms. The molecule has 2 heterocycles. The number of amides is 1. The van der Waals surface area contributed by atoms with Crippen molar-refractivity contribution in [2.24, 2.45) is 28.6 Å². The largest absolute Gasteiger partial charge is 0.349 e. The normalized spacial score (nSPS) is 43.6. The van der Waals surface area contributed by atoms with Gasteiger partial charge in [-0.2, -0.15) is 0 Å². The van der Waals surface area contributed by atoms with Crippen LogP contribution in [0.3, 0.4) is 0 Å². The molecule has 28 heavy (non-hydrogen) atoms. The molecule has 3 fully saturated rings. The van der Waals surface area contributed by atoms with E-state index in [1.54, 1.807) is 11.6 Å². The van der Waals surface area contributed by atoms with Gasteiger partial charge >= 0.3 is 0 Å². The van der Waals surface area contributed by atoms with Crippen LogP contribution in [0.4, 0.5) is 0 Å². The first-order valence-electron chi connectivity index (χ1n) is 11.0. The lowest BCUT2D eigenvalue weighted by atomic mass is 9.48. The predicted octanol–water partition coefficient (Wildman–Crippen LogP) is 5.15. The van der Waals surface area contributed by atoms with Crippen molar-refractivity contribution in [3.8, 4) is 0 Å². The zero-order chi connectivity index (χ0) is 19.5. The first kappa shape index (κ1) is 18.1. The van der Waals surface area contributed by atoms with Gasteiger partial charge in [0.15, 0.2) is 0 Å². The third kappa shape index (κ3) is 2.47. The summed E-state index contributed by atoms with van der Waals surface area (Å²) in [5.74, 6) is 2.34. The molecule has 0 bridgehead atoms. The summed E-state index contributed by atoms with van der Waals surface area (Å²) in [5.41, 5.74) is 4.88.